The maximum atomic E-state index is 14.0. The summed E-state index contributed by atoms with van der Waals surface area (Å²) >= 11 is 0. The lowest BCUT2D eigenvalue weighted by atomic mass is 9.91. The Morgan fingerprint density at radius 2 is 1.68 bits per heavy atom. The Hall–Kier alpha value is -0.950. The normalized spacial score (nSPS) is 33.1. The molecule has 0 bridgehead atoms. The second-order valence-corrected chi connectivity index (χ2v) is 13.0. The first-order valence-corrected chi connectivity index (χ1v) is 14.8. The molecule has 3 saturated heterocycles. The van der Waals surface area contributed by atoms with Crippen molar-refractivity contribution in [1.29, 1.82) is 0 Å². The fourth-order valence-electron chi connectivity index (χ4n) is 5.38. The molecule has 6 atom stereocenters. The summed E-state index contributed by atoms with van der Waals surface area (Å²) in [4.78, 5) is 0. The van der Waals surface area contributed by atoms with E-state index in [0.29, 0.717) is 0 Å². The lowest BCUT2D eigenvalue weighted by molar-refractivity contribution is -0.283. The van der Waals surface area contributed by atoms with Crippen molar-refractivity contribution >= 4 is 7.60 Å². The van der Waals surface area contributed by atoms with Crippen LogP contribution in [0.5, 0.6) is 0 Å². The van der Waals surface area contributed by atoms with Crippen LogP contribution >= 0.6 is 7.60 Å². The Balaban J connectivity index is 1.62. The van der Waals surface area contributed by atoms with Crippen molar-refractivity contribution in [1.82, 2.24) is 5.06 Å². The molecule has 0 aromatic heterocycles. The molecule has 0 amide bonds. The highest BCUT2D eigenvalue weighted by Gasteiger charge is 2.68. The van der Waals surface area contributed by atoms with E-state index in [-0.39, 0.29) is 33.0 Å². The van der Waals surface area contributed by atoms with Crippen molar-refractivity contribution in [2.24, 2.45) is 0 Å². The Morgan fingerprint density at radius 1 is 1.03 bits per heavy atom. The average molecular weight is 560 g/mol. The molecule has 1 aromatic rings. The van der Waals surface area contributed by atoms with Crippen LogP contribution in [0.15, 0.2) is 30.3 Å². The zero-order valence-corrected chi connectivity index (χ0v) is 24.2. The summed E-state index contributed by atoms with van der Waals surface area (Å²) in [7, 11) is -3.90. The molecule has 216 valence electrons. The van der Waals surface area contributed by atoms with Crippen molar-refractivity contribution in [3.8, 4) is 0 Å². The maximum Gasteiger partial charge on any atom is 0.352 e. The van der Waals surface area contributed by atoms with E-state index in [1.54, 1.807) is 27.7 Å². The second kappa shape index (κ2) is 11.5. The van der Waals surface area contributed by atoms with Gasteiger partial charge < -0.3 is 42.7 Å². The van der Waals surface area contributed by atoms with Crippen LogP contribution in [-0.4, -0.2) is 84.2 Å². The van der Waals surface area contributed by atoms with E-state index in [4.69, 9.17) is 37.5 Å². The molecule has 12 heteroatoms. The molecule has 0 unspecified atom stereocenters. The third kappa shape index (κ3) is 6.19. The number of ether oxygens (including phenoxy) is 6. The van der Waals surface area contributed by atoms with Gasteiger partial charge in [-0.25, -0.2) is 0 Å². The highest BCUT2D eigenvalue weighted by molar-refractivity contribution is 7.54. The molecule has 38 heavy (non-hydrogen) atoms. The van der Waals surface area contributed by atoms with E-state index in [0.717, 1.165) is 10.6 Å². The topological polar surface area (TPSA) is 114 Å². The zero-order chi connectivity index (χ0) is 27.8. The molecule has 1 N–H and O–H groups in total. The van der Waals surface area contributed by atoms with Crippen molar-refractivity contribution < 1.29 is 47.2 Å². The van der Waals surface area contributed by atoms with Gasteiger partial charge in [-0.05, 0) is 54.0 Å². The SMILES string of the molecule is CCOP(=O)(OCC)[C@@H](COCc1ccccc1)N(O)[C@H]1O[C@H]([C@H]2COC(C)(C)O2)[C@]2(C)OC(C)(C)O[C@H]12. The Morgan fingerprint density at radius 3 is 2.26 bits per heavy atom. The summed E-state index contributed by atoms with van der Waals surface area (Å²) in [6.45, 7) is 13.1. The monoisotopic (exact) mass is 559 g/mol. The van der Waals surface area contributed by atoms with Gasteiger partial charge in [0.25, 0.3) is 0 Å². The van der Waals surface area contributed by atoms with Crippen molar-refractivity contribution in [2.45, 2.75) is 103 Å². The van der Waals surface area contributed by atoms with Gasteiger partial charge >= 0.3 is 7.60 Å². The van der Waals surface area contributed by atoms with Gasteiger partial charge in [0, 0.05) is 0 Å². The number of benzene rings is 1. The van der Waals surface area contributed by atoms with Gasteiger partial charge in [-0.3, -0.25) is 4.57 Å². The molecule has 0 aliphatic carbocycles. The summed E-state index contributed by atoms with van der Waals surface area (Å²) in [5.41, 5.74) is -0.0707. The van der Waals surface area contributed by atoms with Crippen LogP contribution in [0.2, 0.25) is 0 Å². The lowest BCUT2D eigenvalue weighted by Gasteiger charge is -2.36. The third-order valence-corrected chi connectivity index (χ3v) is 9.20. The molecule has 0 saturated carbocycles. The molecule has 0 spiro atoms. The number of nitrogens with zero attached hydrogens (tertiary/aromatic N) is 1. The van der Waals surface area contributed by atoms with Crippen LogP contribution in [0.3, 0.4) is 0 Å². The molecule has 1 aromatic carbocycles. The van der Waals surface area contributed by atoms with Crippen LogP contribution < -0.4 is 0 Å². The van der Waals surface area contributed by atoms with Gasteiger partial charge in [0.1, 0.15) is 23.9 Å². The van der Waals surface area contributed by atoms with E-state index < -0.39 is 55.1 Å². The quantitative estimate of drug-likeness (QED) is 0.292. The minimum atomic E-state index is -3.90. The summed E-state index contributed by atoms with van der Waals surface area (Å²) in [5, 5.41) is 12.5. The second-order valence-electron chi connectivity index (χ2n) is 10.8. The number of rotatable bonds is 12. The van der Waals surface area contributed by atoms with E-state index >= 15 is 0 Å². The number of hydrogen-bond donors (Lipinski definition) is 1. The smallest absolute Gasteiger partial charge is 0.352 e. The molecular weight excluding hydrogens is 517 g/mol. The van der Waals surface area contributed by atoms with Gasteiger partial charge in [-0.15, -0.1) is 5.06 Å². The Kier molecular flexibility index (Phi) is 9.09. The fourth-order valence-corrected chi connectivity index (χ4v) is 7.23. The Bertz CT molecular complexity index is 968. The third-order valence-electron chi connectivity index (χ3n) is 6.85. The predicted octanol–water partition coefficient (Wildman–Crippen LogP) is 4.27. The van der Waals surface area contributed by atoms with Gasteiger partial charge in [0.05, 0.1) is 33.0 Å². The van der Waals surface area contributed by atoms with E-state index in [1.165, 1.54) is 0 Å². The number of hydroxylamine groups is 2. The molecule has 3 aliphatic heterocycles. The van der Waals surface area contributed by atoms with Crippen LogP contribution in [0.25, 0.3) is 0 Å². The molecule has 0 radical (unpaired) electrons. The van der Waals surface area contributed by atoms with Gasteiger partial charge in [0.2, 0.25) is 0 Å². The molecule has 3 heterocycles. The van der Waals surface area contributed by atoms with Gasteiger partial charge in [-0.1, -0.05) is 30.3 Å². The van der Waals surface area contributed by atoms with Gasteiger partial charge in [-0.2, -0.15) is 0 Å². The molecule has 4 rings (SSSR count). The average Bonchev–Trinajstić information content (AvgIpc) is 3.41. The minimum Gasteiger partial charge on any atom is -0.374 e. The molecule has 11 nitrogen and oxygen atoms in total. The molecule has 3 aliphatic rings. The summed E-state index contributed by atoms with van der Waals surface area (Å²) in [6, 6.07) is 9.56. The van der Waals surface area contributed by atoms with Crippen molar-refractivity contribution in [3.63, 3.8) is 0 Å². The molecular formula is C26H42NO10P. The largest absolute Gasteiger partial charge is 0.374 e. The first-order chi connectivity index (χ1) is 17.8. The summed E-state index contributed by atoms with van der Waals surface area (Å²) in [5.74, 6) is -2.96. The minimum absolute atomic E-state index is 0.116. The van der Waals surface area contributed by atoms with Crippen LogP contribution in [0.1, 0.15) is 54.0 Å². The van der Waals surface area contributed by atoms with E-state index in [2.05, 4.69) is 0 Å². The first kappa shape index (κ1) is 30.0. The van der Waals surface area contributed by atoms with Crippen LogP contribution in [-0.2, 0) is 48.6 Å². The van der Waals surface area contributed by atoms with E-state index in [1.807, 2.05) is 51.1 Å². The molecule has 3 fully saturated rings. The number of hydrogen-bond acceptors (Lipinski definition) is 11. The van der Waals surface area contributed by atoms with E-state index in [9.17, 15) is 9.77 Å². The summed E-state index contributed by atoms with van der Waals surface area (Å²) < 4.78 is 62.0. The van der Waals surface area contributed by atoms with Crippen LogP contribution in [0.4, 0.5) is 0 Å². The number of fused-ring (bicyclic) bond motifs is 1. The van der Waals surface area contributed by atoms with Crippen molar-refractivity contribution in [2.75, 3.05) is 26.4 Å². The Labute approximate surface area is 225 Å². The van der Waals surface area contributed by atoms with Gasteiger partial charge in [0.15, 0.2) is 23.6 Å². The zero-order valence-electron chi connectivity index (χ0n) is 23.3. The highest BCUT2D eigenvalue weighted by atomic mass is 31.2. The van der Waals surface area contributed by atoms with Crippen molar-refractivity contribution in [3.05, 3.63) is 35.9 Å². The maximum absolute atomic E-state index is 14.0. The lowest BCUT2D eigenvalue weighted by Crippen LogP contribution is -2.52. The predicted molar refractivity (Wildman–Crippen MR) is 136 cm³/mol. The fraction of sp³-hybridized carbons (Fsp3) is 0.769. The van der Waals surface area contributed by atoms with Crippen LogP contribution in [0, 0.1) is 0 Å². The highest BCUT2D eigenvalue weighted by Crippen LogP contribution is 2.57. The summed E-state index contributed by atoms with van der Waals surface area (Å²) in [6.07, 6.45) is -2.97. The first-order valence-electron chi connectivity index (χ1n) is 13.2. The standard InChI is InChI=1S/C26H42NO10P/c1-8-32-38(29,33-9-2)20(17-30-15-18-13-11-10-12-14-18)27(28)23-22-26(7,37-25(5,6)36-22)21(34-23)19-16-31-24(3,4)35-19/h10-14,19-23,28H,8-9,15-17H2,1-7H3/t19-,20+,21-,22-,23+,26+/m1/s1.